The van der Waals surface area contributed by atoms with Crippen LogP contribution in [0.15, 0.2) is 0 Å². The Morgan fingerprint density at radius 3 is 2.21 bits per heavy atom. The quantitative estimate of drug-likeness (QED) is 0.761. The normalized spacial score (nSPS) is 45.9. The molecule has 0 aromatic carbocycles. The molecule has 0 saturated heterocycles. The van der Waals surface area contributed by atoms with Gasteiger partial charge in [0.05, 0.1) is 0 Å². The standard InChI is InChI=1S/C18H33N/c1-13(2)5-4-6-16(19)18-10-14-7-15(11-18)9-17(3,8-14)12-18/h13-16H,4-12,19H2,1-3H3. The number of nitrogens with two attached hydrogens (primary N) is 1. The van der Waals surface area contributed by atoms with E-state index in [9.17, 15) is 0 Å². The summed E-state index contributed by atoms with van der Waals surface area (Å²) < 4.78 is 0. The maximum absolute atomic E-state index is 6.72. The first-order chi connectivity index (χ1) is 8.91. The molecular weight excluding hydrogens is 230 g/mol. The Morgan fingerprint density at radius 1 is 1.05 bits per heavy atom. The molecule has 0 heterocycles. The van der Waals surface area contributed by atoms with Gasteiger partial charge in [0, 0.05) is 6.04 Å². The summed E-state index contributed by atoms with van der Waals surface area (Å²) in [6, 6.07) is 0.483. The molecular formula is C18H33N. The molecule has 4 aliphatic carbocycles. The fourth-order valence-corrected chi connectivity index (χ4v) is 6.28. The Balaban J connectivity index is 1.66. The SMILES string of the molecule is CC(C)CCCC(N)C12CC3CC(CC(C)(C3)C1)C2. The first-order valence-electron chi connectivity index (χ1n) is 8.66. The van der Waals surface area contributed by atoms with Crippen LogP contribution in [0.4, 0.5) is 0 Å². The van der Waals surface area contributed by atoms with Crippen LogP contribution in [-0.4, -0.2) is 6.04 Å². The summed E-state index contributed by atoms with van der Waals surface area (Å²) in [4.78, 5) is 0. The third-order valence-corrected chi connectivity index (χ3v) is 6.48. The van der Waals surface area contributed by atoms with Gasteiger partial charge in [-0.2, -0.15) is 0 Å². The second-order valence-corrected chi connectivity index (χ2v) is 9.07. The molecule has 4 rings (SSSR count). The van der Waals surface area contributed by atoms with Crippen LogP contribution in [0.3, 0.4) is 0 Å². The molecule has 3 atom stereocenters. The van der Waals surface area contributed by atoms with E-state index in [1.165, 1.54) is 57.8 Å². The Hall–Kier alpha value is -0.0400. The first kappa shape index (κ1) is 13.9. The molecule has 2 N–H and O–H groups in total. The number of rotatable bonds is 5. The van der Waals surface area contributed by atoms with Crippen molar-refractivity contribution in [2.45, 2.75) is 84.6 Å². The molecule has 4 aliphatic rings. The van der Waals surface area contributed by atoms with E-state index in [1.807, 2.05) is 0 Å². The molecule has 0 amide bonds. The minimum absolute atomic E-state index is 0.483. The highest BCUT2D eigenvalue weighted by Gasteiger charge is 2.57. The van der Waals surface area contributed by atoms with Gasteiger partial charge >= 0.3 is 0 Å². The van der Waals surface area contributed by atoms with E-state index >= 15 is 0 Å². The number of hydrogen-bond donors (Lipinski definition) is 1. The smallest absolute Gasteiger partial charge is 0.00959 e. The number of hydrogen-bond acceptors (Lipinski definition) is 1. The Labute approximate surface area is 119 Å². The van der Waals surface area contributed by atoms with Crippen molar-refractivity contribution < 1.29 is 0 Å². The van der Waals surface area contributed by atoms with Crippen LogP contribution in [0.1, 0.15) is 78.6 Å². The van der Waals surface area contributed by atoms with Crippen molar-refractivity contribution in [2.75, 3.05) is 0 Å². The van der Waals surface area contributed by atoms with Crippen LogP contribution in [0, 0.1) is 28.6 Å². The highest BCUT2D eigenvalue weighted by molar-refractivity contribution is 5.09. The van der Waals surface area contributed by atoms with Gasteiger partial charge < -0.3 is 5.73 Å². The Kier molecular flexibility index (Phi) is 3.48. The summed E-state index contributed by atoms with van der Waals surface area (Å²) >= 11 is 0. The highest BCUT2D eigenvalue weighted by Crippen LogP contribution is 2.66. The molecule has 1 heteroatoms. The summed E-state index contributed by atoms with van der Waals surface area (Å²) in [6.45, 7) is 7.22. The molecule has 4 fully saturated rings. The van der Waals surface area contributed by atoms with Gasteiger partial charge in [-0.05, 0) is 73.5 Å². The zero-order valence-electron chi connectivity index (χ0n) is 13.3. The average molecular weight is 263 g/mol. The van der Waals surface area contributed by atoms with Crippen LogP contribution >= 0.6 is 0 Å². The van der Waals surface area contributed by atoms with Crippen LogP contribution in [0.2, 0.25) is 0 Å². The van der Waals surface area contributed by atoms with Crippen LogP contribution in [0.5, 0.6) is 0 Å². The minimum Gasteiger partial charge on any atom is -0.327 e. The lowest BCUT2D eigenvalue weighted by Gasteiger charge is -2.63. The van der Waals surface area contributed by atoms with Crippen LogP contribution in [-0.2, 0) is 0 Å². The zero-order valence-corrected chi connectivity index (χ0v) is 13.3. The first-order valence-corrected chi connectivity index (χ1v) is 8.66. The summed E-state index contributed by atoms with van der Waals surface area (Å²) in [5.41, 5.74) is 7.91. The molecule has 4 bridgehead atoms. The van der Waals surface area contributed by atoms with Gasteiger partial charge in [0.2, 0.25) is 0 Å². The monoisotopic (exact) mass is 263 g/mol. The van der Waals surface area contributed by atoms with E-state index in [0.29, 0.717) is 16.9 Å². The third kappa shape index (κ3) is 2.60. The fourth-order valence-electron chi connectivity index (χ4n) is 6.28. The van der Waals surface area contributed by atoms with E-state index in [-0.39, 0.29) is 0 Å². The van der Waals surface area contributed by atoms with Crippen LogP contribution < -0.4 is 5.73 Å². The Bertz CT molecular complexity index is 319. The predicted molar refractivity (Wildman–Crippen MR) is 81.9 cm³/mol. The molecule has 0 aromatic rings. The summed E-state index contributed by atoms with van der Waals surface area (Å²) in [6.07, 6.45) is 12.9. The van der Waals surface area contributed by atoms with Crippen molar-refractivity contribution in [3.63, 3.8) is 0 Å². The van der Waals surface area contributed by atoms with Gasteiger partial charge in [-0.25, -0.2) is 0 Å². The van der Waals surface area contributed by atoms with E-state index in [2.05, 4.69) is 20.8 Å². The van der Waals surface area contributed by atoms with Crippen LogP contribution in [0.25, 0.3) is 0 Å². The highest BCUT2D eigenvalue weighted by atomic mass is 14.7. The summed E-state index contributed by atoms with van der Waals surface area (Å²) in [5.74, 6) is 2.87. The average Bonchev–Trinajstić information content (AvgIpc) is 2.24. The second-order valence-electron chi connectivity index (χ2n) is 9.07. The van der Waals surface area contributed by atoms with Crippen molar-refractivity contribution >= 4 is 0 Å². The van der Waals surface area contributed by atoms with E-state index in [4.69, 9.17) is 5.73 Å². The van der Waals surface area contributed by atoms with Crippen molar-refractivity contribution in [3.05, 3.63) is 0 Å². The molecule has 0 spiro atoms. The van der Waals surface area contributed by atoms with Gasteiger partial charge in [-0.15, -0.1) is 0 Å². The largest absolute Gasteiger partial charge is 0.327 e. The molecule has 19 heavy (non-hydrogen) atoms. The van der Waals surface area contributed by atoms with Gasteiger partial charge in [0.25, 0.3) is 0 Å². The fraction of sp³-hybridized carbons (Fsp3) is 1.00. The van der Waals surface area contributed by atoms with Crippen molar-refractivity contribution in [1.82, 2.24) is 0 Å². The van der Waals surface area contributed by atoms with Gasteiger partial charge in [-0.3, -0.25) is 0 Å². The van der Waals surface area contributed by atoms with E-state index in [1.54, 1.807) is 0 Å². The van der Waals surface area contributed by atoms with Gasteiger partial charge in [0.1, 0.15) is 0 Å². The topological polar surface area (TPSA) is 26.0 Å². The lowest BCUT2D eigenvalue weighted by atomic mass is 9.43. The lowest BCUT2D eigenvalue weighted by molar-refractivity contribution is -0.114. The van der Waals surface area contributed by atoms with Gasteiger partial charge in [-0.1, -0.05) is 33.6 Å². The molecule has 0 radical (unpaired) electrons. The molecule has 3 unspecified atom stereocenters. The summed E-state index contributed by atoms with van der Waals surface area (Å²) in [7, 11) is 0. The zero-order chi connectivity index (χ0) is 13.7. The van der Waals surface area contributed by atoms with Crippen molar-refractivity contribution in [2.24, 2.45) is 34.3 Å². The molecule has 4 saturated carbocycles. The minimum atomic E-state index is 0.483. The maximum Gasteiger partial charge on any atom is 0.00959 e. The van der Waals surface area contributed by atoms with E-state index < -0.39 is 0 Å². The van der Waals surface area contributed by atoms with Gasteiger partial charge in [0.15, 0.2) is 0 Å². The molecule has 1 nitrogen and oxygen atoms in total. The predicted octanol–water partition coefficient (Wildman–Crippen LogP) is 4.75. The maximum atomic E-state index is 6.72. The second kappa shape index (κ2) is 4.76. The van der Waals surface area contributed by atoms with Crippen molar-refractivity contribution in [3.8, 4) is 0 Å². The third-order valence-electron chi connectivity index (χ3n) is 6.48. The molecule has 110 valence electrons. The summed E-state index contributed by atoms with van der Waals surface area (Å²) in [5, 5.41) is 0. The molecule has 0 aliphatic heterocycles. The Morgan fingerprint density at radius 2 is 1.68 bits per heavy atom. The molecule has 0 aromatic heterocycles. The lowest BCUT2D eigenvalue weighted by Crippen LogP contribution is -2.57. The van der Waals surface area contributed by atoms with E-state index in [0.717, 1.165) is 17.8 Å². The van der Waals surface area contributed by atoms with Crippen molar-refractivity contribution in [1.29, 1.82) is 0 Å².